The van der Waals surface area contributed by atoms with Gasteiger partial charge in [-0.1, -0.05) is 43.6 Å². The van der Waals surface area contributed by atoms with Gasteiger partial charge in [0.05, 0.1) is 10.7 Å². The second-order valence-corrected chi connectivity index (χ2v) is 5.11. The fourth-order valence-corrected chi connectivity index (χ4v) is 2.45. The van der Waals surface area contributed by atoms with Crippen LogP contribution in [0.4, 0.5) is 5.69 Å². The van der Waals surface area contributed by atoms with Gasteiger partial charge < -0.3 is 5.73 Å². The highest BCUT2D eigenvalue weighted by molar-refractivity contribution is 6.37. The van der Waals surface area contributed by atoms with Gasteiger partial charge in [0.2, 0.25) is 0 Å². The van der Waals surface area contributed by atoms with Crippen LogP contribution in [0, 0.1) is 0 Å². The van der Waals surface area contributed by atoms with Gasteiger partial charge in [-0.2, -0.15) is 0 Å². The van der Waals surface area contributed by atoms with Gasteiger partial charge in [-0.3, -0.25) is 4.79 Å². The molecule has 0 bridgehead atoms. The van der Waals surface area contributed by atoms with Crippen LogP contribution in [0.3, 0.4) is 0 Å². The largest absolute Gasteiger partial charge is 0.398 e. The van der Waals surface area contributed by atoms with Crippen molar-refractivity contribution in [2.45, 2.75) is 26.7 Å². The number of hydrogen-bond donors (Lipinski definition) is 1. The summed E-state index contributed by atoms with van der Waals surface area (Å²) in [5.74, 6) is -0.0607. The molecule has 0 aliphatic carbocycles. The van der Waals surface area contributed by atoms with Crippen LogP contribution in [-0.4, -0.2) is 5.78 Å². The molecule has 3 heteroatoms. The fourth-order valence-electron chi connectivity index (χ4n) is 2.23. The van der Waals surface area contributed by atoms with Crippen molar-refractivity contribution in [3.8, 4) is 0 Å². The number of anilines is 1. The van der Waals surface area contributed by atoms with Crippen LogP contribution in [-0.2, 0) is 12.8 Å². The van der Waals surface area contributed by atoms with Gasteiger partial charge >= 0.3 is 0 Å². The Morgan fingerprint density at radius 3 is 2.50 bits per heavy atom. The maximum absolute atomic E-state index is 12.7. The molecule has 2 nitrogen and oxygen atoms in total. The third-order valence-corrected chi connectivity index (χ3v) is 3.90. The Morgan fingerprint density at radius 2 is 1.85 bits per heavy atom. The monoisotopic (exact) mass is 287 g/mol. The van der Waals surface area contributed by atoms with E-state index in [2.05, 4.69) is 13.0 Å². The first kappa shape index (κ1) is 14.6. The zero-order chi connectivity index (χ0) is 14.7. The minimum Gasteiger partial charge on any atom is -0.398 e. The van der Waals surface area contributed by atoms with E-state index < -0.39 is 0 Å². The van der Waals surface area contributed by atoms with Crippen LogP contribution in [0.5, 0.6) is 0 Å². The summed E-state index contributed by atoms with van der Waals surface area (Å²) in [5, 5.41) is 0.335. The first-order valence-corrected chi connectivity index (χ1v) is 7.16. The molecular weight excluding hydrogens is 270 g/mol. The summed E-state index contributed by atoms with van der Waals surface area (Å²) in [4.78, 5) is 12.7. The molecule has 0 heterocycles. The SMILES string of the molecule is CCc1ccc(CC)c(C(=O)c2cccc(N)c2Cl)c1. The lowest BCUT2D eigenvalue weighted by Crippen LogP contribution is -2.07. The molecule has 0 aromatic heterocycles. The van der Waals surface area contributed by atoms with E-state index in [4.69, 9.17) is 17.3 Å². The number of halogens is 1. The van der Waals surface area contributed by atoms with E-state index in [-0.39, 0.29) is 5.78 Å². The number of rotatable bonds is 4. The standard InChI is InChI=1S/C17H18ClNO/c1-3-11-8-9-12(4-2)14(10-11)17(20)13-6-5-7-15(19)16(13)18/h5-10H,3-4,19H2,1-2H3. The van der Waals surface area contributed by atoms with Crippen LogP contribution < -0.4 is 5.73 Å². The second kappa shape index (κ2) is 6.10. The van der Waals surface area contributed by atoms with Crippen LogP contribution in [0.15, 0.2) is 36.4 Å². The number of nitrogen functional groups attached to an aromatic ring is 1. The van der Waals surface area contributed by atoms with Crippen molar-refractivity contribution in [1.29, 1.82) is 0 Å². The van der Waals surface area contributed by atoms with Gasteiger partial charge in [-0.15, -0.1) is 0 Å². The summed E-state index contributed by atoms with van der Waals surface area (Å²) >= 11 is 6.16. The molecule has 20 heavy (non-hydrogen) atoms. The smallest absolute Gasteiger partial charge is 0.194 e. The van der Waals surface area contributed by atoms with Gasteiger partial charge in [0.25, 0.3) is 0 Å². The number of ketones is 1. The maximum Gasteiger partial charge on any atom is 0.194 e. The van der Waals surface area contributed by atoms with E-state index in [0.29, 0.717) is 16.3 Å². The van der Waals surface area contributed by atoms with Crippen molar-refractivity contribution in [2.75, 3.05) is 5.73 Å². The van der Waals surface area contributed by atoms with E-state index in [1.54, 1.807) is 18.2 Å². The topological polar surface area (TPSA) is 43.1 Å². The Labute approximate surface area is 124 Å². The molecule has 2 aromatic rings. The number of benzene rings is 2. The quantitative estimate of drug-likeness (QED) is 0.674. The average Bonchev–Trinajstić information content (AvgIpc) is 2.48. The predicted molar refractivity (Wildman–Crippen MR) is 84.5 cm³/mol. The van der Waals surface area contributed by atoms with Crippen LogP contribution in [0.25, 0.3) is 0 Å². The van der Waals surface area contributed by atoms with E-state index in [1.807, 2.05) is 19.1 Å². The Kier molecular flexibility index (Phi) is 4.46. The lowest BCUT2D eigenvalue weighted by Gasteiger charge is -2.11. The van der Waals surface area contributed by atoms with Crippen molar-refractivity contribution < 1.29 is 4.79 Å². The van der Waals surface area contributed by atoms with E-state index in [0.717, 1.165) is 29.5 Å². The Hall–Kier alpha value is -1.80. The number of hydrogen-bond acceptors (Lipinski definition) is 2. The maximum atomic E-state index is 12.7. The molecule has 0 saturated carbocycles. The molecule has 0 saturated heterocycles. The van der Waals surface area contributed by atoms with Gasteiger partial charge in [-0.05, 0) is 42.2 Å². The molecule has 0 unspecified atom stereocenters. The molecule has 0 radical (unpaired) electrons. The number of carbonyl (C=O) groups excluding carboxylic acids is 1. The minimum absolute atomic E-state index is 0.0607. The molecule has 0 spiro atoms. The molecule has 2 aromatic carbocycles. The number of carbonyl (C=O) groups is 1. The number of aryl methyl sites for hydroxylation is 2. The molecule has 0 aliphatic rings. The zero-order valence-electron chi connectivity index (χ0n) is 11.7. The molecular formula is C17H18ClNO. The molecule has 2 N–H and O–H groups in total. The average molecular weight is 288 g/mol. The highest BCUT2D eigenvalue weighted by Crippen LogP contribution is 2.27. The lowest BCUT2D eigenvalue weighted by molar-refractivity contribution is 0.103. The normalized spacial score (nSPS) is 10.6. The summed E-state index contributed by atoms with van der Waals surface area (Å²) in [5.41, 5.74) is 9.58. The highest BCUT2D eigenvalue weighted by Gasteiger charge is 2.17. The Morgan fingerprint density at radius 1 is 1.10 bits per heavy atom. The zero-order valence-corrected chi connectivity index (χ0v) is 12.5. The summed E-state index contributed by atoms with van der Waals surface area (Å²) < 4.78 is 0. The van der Waals surface area contributed by atoms with Crippen molar-refractivity contribution >= 4 is 23.1 Å². The molecule has 0 fully saturated rings. The summed E-state index contributed by atoms with van der Waals surface area (Å²) in [6.07, 6.45) is 1.71. The van der Waals surface area contributed by atoms with Crippen molar-refractivity contribution in [2.24, 2.45) is 0 Å². The van der Waals surface area contributed by atoms with Gasteiger partial charge in [-0.25, -0.2) is 0 Å². The molecule has 0 amide bonds. The number of nitrogens with two attached hydrogens (primary N) is 1. The third kappa shape index (κ3) is 2.70. The lowest BCUT2D eigenvalue weighted by atomic mass is 9.94. The summed E-state index contributed by atoms with van der Waals surface area (Å²) in [7, 11) is 0. The molecule has 0 atom stereocenters. The predicted octanol–water partition coefficient (Wildman–Crippen LogP) is 4.28. The molecule has 104 valence electrons. The fraction of sp³-hybridized carbons (Fsp3) is 0.235. The van der Waals surface area contributed by atoms with Crippen molar-refractivity contribution in [3.05, 3.63) is 63.7 Å². The Balaban J connectivity index is 2.55. The first-order valence-electron chi connectivity index (χ1n) is 6.79. The second-order valence-electron chi connectivity index (χ2n) is 4.74. The third-order valence-electron chi connectivity index (χ3n) is 3.48. The van der Waals surface area contributed by atoms with E-state index >= 15 is 0 Å². The van der Waals surface area contributed by atoms with Gasteiger partial charge in [0.1, 0.15) is 0 Å². The highest BCUT2D eigenvalue weighted by atomic mass is 35.5. The van der Waals surface area contributed by atoms with Crippen molar-refractivity contribution in [1.82, 2.24) is 0 Å². The van der Waals surface area contributed by atoms with Crippen LogP contribution in [0.1, 0.15) is 40.9 Å². The Bertz CT molecular complexity index is 649. The minimum atomic E-state index is -0.0607. The first-order chi connectivity index (χ1) is 9.58. The van der Waals surface area contributed by atoms with Crippen LogP contribution >= 0.6 is 11.6 Å². The van der Waals surface area contributed by atoms with Crippen molar-refractivity contribution in [3.63, 3.8) is 0 Å². The van der Waals surface area contributed by atoms with Crippen LogP contribution in [0.2, 0.25) is 5.02 Å². The van der Waals surface area contributed by atoms with Gasteiger partial charge in [0, 0.05) is 11.1 Å². The summed E-state index contributed by atoms with van der Waals surface area (Å²) in [6, 6.07) is 11.2. The molecule has 0 aliphatic heterocycles. The van der Waals surface area contributed by atoms with E-state index in [9.17, 15) is 4.79 Å². The van der Waals surface area contributed by atoms with E-state index in [1.165, 1.54) is 0 Å². The molecule has 2 rings (SSSR count). The summed E-state index contributed by atoms with van der Waals surface area (Å²) in [6.45, 7) is 4.11. The van der Waals surface area contributed by atoms with Gasteiger partial charge in [0.15, 0.2) is 5.78 Å².